The first kappa shape index (κ1) is 20.9. The minimum absolute atomic E-state index is 0.107. The Morgan fingerprint density at radius 2 is 1.77 bits per heavy atom. The van der Waals surface area contributed by atoms with Gasteiger partial charge in [0.25, 0.3) is 11.5 Å². The lowest BCUT2D eigenvalue weighted by Crippen LogP contribution is -2.23. The van der Waals surface area contributed by atoms with Crippen molar-refractivity contribution in [1.29, 1.82) is 0 Å². The van der Waals surface area contributed by atoms with E-state index in [1.165, 1.54) is 22.5 Å². The Morgan fingerprint density at radius 1 is 1.03 bits per heavy atom. The van der Waals surface area contributed by atoms with Crippen molar-refractivity contribution in [3.63, 3.8) is 0 Å². The van der Waals surface area contributed by atoms with Crippen molar-refractivity contribution in [1.82, 2.24) is 14.5 Å². The molecule has 0 unspecified atom stereocenters. The number of benzene rings is 2. The summed E-state index contributed by atoms with van der Waals surface area (Å²) in [5, 5.41) is 5.38. The van der Waals surface area contributed by atoms with Crippen LogP contribution < -0.4 is 10.9 Å². The minimum atomic E-state index is -0.256. The van der Waals surface area contributed by atoms with Crippen LogP contribution in [0.4, 0.5) is 5.13 Å². The molecule has 0 saturated carbocycles. The molecule has 0 aliphatic carbocycles. The molecule has 0 atom stereocenters. The number of hydrogen-bond donors (Lipinski definition) is 1. The van der Waals surface area contributed by atoms with Crippen molar-refractivity contribution in [3.05, 3.63) is 74.0 Å². The highest BCUT2D eigenvalue weighted by atomic mass is 32.1. The highest BCUT2D eigenvalue weighted by molar-refractivity contribution is 7.14. The summed E-state index contributed by atoms with van der Waals surface area (Å²) in [6.45, 7) is 10.4. The van der Waals surface area contributed by atoms with Crippen molar-refractivity contribution in [2.45, 2.75) is 41.2 Å². The van der Waals surface area contributed by atoms with Crippen molar-refractivity contribution < 1.29 is 4.79 Å². The number of aryl methyl sites for hydroxylation is 5. The third kappa shape index (κ3) is 3.88. The topological polar surface area (TPSA) is 76.9 Å². The number of aromatic nitrogens is 3. The van der Waals surface area contributed by atoms with Crippen LogP contribution in [0.2, 0.25) is 0 Å². The summed E-state index contributed by atoms with van der Waals surface area (Å²) in [5.74, 6) is -0.256. The molecule has 0 saturated heterocycles. The Labute approximate surface area is 184 Å². The number of carbonyl (C=O) groups excluding carboxylic acids is 1. The smallest absolute Gasteiger partial charge is 0.272 e. The fourth-order valence-corrected chi connectivity index (χ4v) is 4.40. The summed E-state index contributed by atoms with van der Waals surface area (Å²) in [6, 6.07) is 9.49. The van der Waals surface area contributed by atoms with Crippen LogP contribution in [-0.4, -0.2) is 20.4 Å². The Hall–Kier alpha value is -3.32. The molecule has 2 aromatic carbocycles. The Morgan fingerprint density at radius 3 is 2.52 bits per heavy atom. The summed E-state index contributed by atoms with van der Waals surface area (Å²) in [6.07, 6.45) is 0. The van der Waals surface area contributed by atoms with Gasteiger partial charge >= 0.3 is 0 Å². The number of hydrogen-bond acceptors (Lipinski definition) is 5. The number of nitrogens with one attached hydrogen (secondary N) is 1. The van der Waals surface area contributed by atoms with Gasteiger partial charge in [-0.25, -0.2) is 9.97 Å². The predicted octanol–water partition coefficient (Wildman–Crippen LogP) is 5.03. The molecular formula is C24H24N4O2S. The van der Waals surface area contributed by atoms with Crippen molar-refractivity contribution in [2.24, 2.45) is 0 Å². The first-order valence-electron chi connectivity index (χ1n) is 10.1. The van der Waals surface area contributed by atoms with E-state index in [2.05, 4.69) is 48.2 Å². The van der Waals surface area contributed by atoms with E-state index in [1.54, 1.807) is 29.7 Å². The molecule has 4 rings (SSSR count). The van der Waals surface area contributed by atoms with Crippen LogP contribution in [0.1, 0.15) is 39.7 Å². The molecule has 4 aromatic rings. The highest BCUT2D eigenvalue weighted by Crippen LogP contribution is 2.29. The van der Waals surface area contributed by atoms with Gasteiger partial charge in [0.15, 0.2) is 5.13 Å². The number of rotatable bonds is 4. The van der Waals surface area contributed by atoms with E-state index < -0.39 is 0 Å². The molecule has 1 N–H and O–H groups in total. The quantitative estimate of drug-likeness (QED) is 0.491. The molecule has 6 nitrogen and oxygen atoms in total. The van der Waals surface area contributed by atoms with Crippen LogP contribution in [-0.2, 0) is 6.54 Å². The van der Waals surface area contributed by atoms with Gasteiger partial charge in [-0.2, -0.15) is 0 Å². The number of amides is 1. The van der Waals surface area contributed by atoms with Gasteiger partial charge in [0, 0.05) is 23.1 Å². The van der Waals surface area contributed by atoms with E-state index >= 15 is 0 Å². The fraction of sp³-hybridized carbons (Fsp3) is 0.250. The molecular weight excluding hydrogens is 408 g/mol. The number of carbonyl (C=O) groups is 1. The van der Waals surface area contributed by atoms with Crippen LogP contribution in [0.3, 0.4) is 0 Å². The van der Waals surface area contributed by atoms with Crippen LogP contribution in [0, 0.1) is 27.7 Å². The minimum Gasteiger partial charge on any atom is -0.305 e. The van der Waals surface area contributed by atoms with Crippen molar-refractivity contribution in [2.75, 3.05) is 5.32 Å². The van der Waals surface area contributed by atoms with Crippen LogP contribution in [0.15, 0.2) is 40.5 Å². The van der Waals surface area contributed by atoms with E-state index in [0.717, 1.165) is 22.3 Å². The van der Waals surface area contributed by atoms with Crippen LogP contribution in [0.25, 0.3) is 22.3 Å². The molecule has 0 spiro atoms. The van der Waals surface area contributed by atoms with E-state index in [1.807, 2.05) is 12.3 Å². The summed E-state index contributed by atoms with van der Waals surface area (Å²) in [7, 11) is 0. The maximum absolute atomic E-state index is 12.8. The molecule has 2 aromatic heterocycles. The third-order valence-electron chi connectivity index (χ3n) is 5.53. The van der Waals surface area contributed by atoms with Gasteiger partial charge in [0.1, 0.15) is 5.69 Å². The van der Waals surface area contributed by atoms with Gasteiger partial charge in [0.2, 0.25) is 0 Å². The van der Waals surface area contributed by atoms with E-state index in [0.29, 0.717) is 28.5 Å². The molecule has 0 aliphatic heterocycles. The number of fused-ring (bicyclic) bond motifs is 1. The van der Waals surface area contributed by atoms with Crippen LogP contribution >= 0.6 is 11.3 Å². The standard InChI is InChI=1S/C24H24N4O2S/c1-6-28-21-8-7-17(11-19(21)25-16(5)23(28)30)22(29)27-24-26-20(12-31-24)18-10-14(3)13(2)9-15(18)4/h7-12H,6H2,1-5H3,(H,26,27,29). The molecule has 31 heavy (non-hydrogen) atoms. The zero-order chi connectivity index (χ0) is 22.3. The van der Waals surface area contributed by atoms with Crippen molar-refractivity contribution in [3.8, 4) is 11.3 Å². The fourth-order valence-electron chi connectivity index (χ4n) is 3.69. The van der Waals surface area contributed by atoms with Gasteiger partial charge in [0.05, 0.1) is 16.7 Å². The lowest BCUT2D eigenvalue weighted by atomic mass is 9.99. The van der Waals surface area contributed by atoms with Gasteiger partial charge in [-0.15, -0.1) is 11.3 Å². The molecule has 0 fully saturated rings. The molecule has 7 heteroatoms. The first-order valence-corrected chi connectivity index (χ1v) is 11.0. The maximum atomic E-state index is 12.8. The summed E-state index contributed by atoms with van der Waals surface area (Å²) in [4.78, 5) is 34.1. The molecule has 1 amide bonds. The van der Waals surface area contributed by atoms with Gasteiger partial charge in [-0.1, -0.05) is 6.07 Å². The second-order valence-electron chi connectivity index (χ2n) is 7.69. The molecule has 158 valence electrons. The molecule has 0 aliphatic rings. The van der Waals surface area contributed by atoms with Crippen LogP contribution in [0.5, 0.6) is 0 Å². The van der Waals surface area contributed by atoms with E-state index in [-0.39, 0.29) is 11.5 Å². The summed E-state index contributed by atoms with van der Waals surface area (Å²) < 4.78 is 1.67. The van der Waals surface area contributed by atoms with E-state index in [9.17, 15) is 9.59 Å². The zero-order valence-electron chi connectivity index (χ0n) is 18.2. The zero-order valence-corrected chi connectivity index (χ0v) is 19.1. The molecule has 2 heterocycles. The monoisotopic (exact) mass is 432 g/mol. The van der Waals surface area contributed by atoms with E-state index in [4.69, 9.17) is 0 Å². The normalized spacial score (nSPS) is 11.1. The second-order valence-corrected chi connectivity index (χ2v) is 8.55. The van der Waals surface area contributed by atoms with Gasteiger partial charge < -0.3 is 4.57 Å². The van der Waals surface area contributed by atoms with Crippen molar-refractivity contribution >= 4 is 33.4 Å². The average molecular weight is 433 g/mol. The third-order valence-corrected chi connectivity index (χ3v) is 6.29. The molecule has 0 bridgehead atoms. The van der Waals surface area contributed by atoms with Gasteiger partial charge in [-0.3, -0.25) is 14.9 Å². The number of anilines is 1. The SMILES string of the molecule is CCn1c(=O)c(C)nc2cc(C(=O)Nc3nc(-c4cc(C)c(C)cc4C)cs3)ccc21. The maximum Gasteiger partial charge on any atom is 0.272 e. The molecule has 0 radical (unpaired) electrons. The Bertz CT molecular complexity index is 1380. The average Bonchev–Trinajstić information content (AvgIpc) is 3.19. The summed E-state index contributed by atoms with van der Waals surface area (Å²) >= 11 is 1.40. The first-order chi connectivity index (χ1) is 14.8. The second kappa shape index (κ2) is 8.07. The summed E-state index contributed by atoms with van der Waals surface area (Å²) in [5.41, 5.74) is 7.66. The Balaban J connectivity index is 1.62. The largest absolute Gasteiger partial charge is 0.305 e. The number of nitrogens with zero attached hydrogens (tertiary/aromatic N) is 3. The lowest BCUT2D eigenvalue weighted by Gasteiger charge is -2.10. The lowest BCUT2D eigenvalue weighted by molar-refractivity contribution is 0.102. The Kier molecular flexibility index (Phi) is 5.45. The predicted molar refractivity (Wildman–Crippen MR) is 126 cm³/mol. The highest BCUT2D eigenvalue weighted by Gasteiger charge is 2.14. The van der Waals surface area contributed by atoms with Gasteiger partial charge in [-0.05, 0) is 75.6 Å². The number of thiazole rings is 1.